The molecule has 1 saturated heterocycles. The van der Waals surface area contributed by atoms with Crippen LogP contribution < -0.4 is 9.47 Å². The molecule has 0 radical (unpaired) electrons. The zero-order valence-corrected chi connectivity index (χ0v) is 31.1. The second-order valence-corrected chi connectivity index (χ2v) is 25.5. The summed E-state index contributed by atoms with van der Waals surface area (Å²) in [6.07, 6.45) is -3.67. The maximum absolute atomic E-state index is 13.0. The maximum atomic E-state index is 13.0. The van der Waals surface area contributed by atoms with Crippen LogP contribution in [0.15, 0.2) is 12.1 Å². The van der Waals surface area contributed by atoms with E-state index in [1.807, 2.05) is 26.8 Å². The highest BCUT2D eigenvalue weighted by molar-refractivity contribution is 6.74. The third kappa shape index (κ3) is 7.03. The van der Waals surface area contributed by atoms with Gasteiger partial charge in [0.25, 0.3) is 0 Å². The quantitative estimate of drug-likeness (QED) is 0.251. The van der Waals surface area contributed by atoms with Crippen molar-refractivity contribution in [2.75, 3.05) is 20.8 Å². The van der Waals surface area contributed by atoms with Crippen molar-refractivity contribution in [3.8, 4) is 11.5 Å². The molecular weight excluding hydrogens is 585 g/mol. The van der Waals surface area contributed by atoms with Crippen LogP contribution in [0.1, 0.15) is 73.4 Å². The van der Waals surface area contributed by atoms with Crippen molar-refractivity contribution in [3.05, 3.63) is 23.3 Å². The molecular formula is C32H56O9Si2. The number of esters is 1. The topological polar surface area (TPSA) is 102 Å². The number of hydrogen-bond donors (Lipinski definition) is 1. The van der Waals surface area contributed by atoms with E-state index in [0.29, 0.717) is 17.1 Å². The average Bonchev–Trinajstić information content (AvgIpc) is 3.23. The Morgan fingerprint density at radius 3 is 1.91 bits per heavy atom. The molecule has 2 aliphatic rings. The van der Waals surface area contributed by atoms with Crippen molar-refractivity contribution >= 4 is 22.6 Å². The van der Waals surface area contributed by atoms with E-state index < -0.39 is 52.3 Å². The van der Waals surface area contributed by atoms with E-state index >= 15 is 0 Å². The van der Waals surface area contributed by atoms with Gasteiger partial charge in [-0.15, -0.1) is 0 Å². The molecule has 2 heterocycles. The standard InChI is InChI=1S/C32H56O9Si2/c1-29(2,3)28(34)37-19-23-25(40-42(12,13)30(4,5)6)26(41-43(14,15)31(7,8)9)27(33)32(39-23)24-20(18-38-32)16-21(35-10)17-22(24)36-11/h16-17,23,25-27,33H,18-19H2,1-15H3/t23-,25-,26+,27-,32+/m1/s1. The van der Waals surface area contributed by atoms with Gasteiger partial charge in [-0.1, -0.05) is 41.5 Å². The Hall–Kier alpha value is -1.48. The molecule has 0 unspecified atom stereocenters. The minimum absolute atomic E-state index is 0.0988. The van der Waals surface area contributed by atoms with Crippen LogP contribution in [-0.2, 0) is 40.3 Å². The van der Waals surface area contributed by atoms with Crippen molar-refractivity contribution in [1.82, 2.24) is 0 Å². The average molecular weight is 641 g/mol. The molecule has 1 aromatic rings. The van der Waals surface area contributed by atoms with Crippen LogP contribution >= 0.6 is 0 Å². The number of hydrogen-bond acceptors (Lipinski definition) is 9. The van der Waals surface area contributed by atoms with Crippen molar-refractivity contribution in [1.29, 1.82) is 0 Å². The predicted octanol–water partition coefficient (Wildman–Crippen LogP) is 6.52. The van der Waals surface area contributed by atoms with E-state index in [2.05, 4.69) is 67.7 Å². The fourth-order valence-electron chi connectivity index (χ4n) is 4.80. The highest BCUT2D eigenvalue weighted by atomic mass is 28.4. The van der Waals surface area contributed by atoms with E-state index in [4.69, 9.17) is 32.5 Å². The lowest BCUT2D eigenvalue weighted by atomic mass is 9.87. The van der Waals surface area contributed by atoms with Gasteiger partial charge < -0.3 is 37.6 Å². The Bertz CT molecular complexity index is 1160. The summed E-state index contributed by atoms with van der Waals surface area (Å²) in [5, 5.41) is 12.1. The fraction of sp³-hybridized carbons (Fsp3) is 0.781. The van der Waals surface area contributed by atoms with Crippen molar-refractivity contribution < 1.29 is 42.4 Å². The zero-order valence-electron chi connectivity index (χ0n) is 29.1. The molecule has 0 aromatic heterocycles. The largest absolute Gasteiger partial charge is 0.497 e. The van der Waals surface area contributed by atoms with Crippen LogP contribution in [-0.4, -0.2) is 73.0 Å². The molecule has 1 fully saturated rings. The molecule has 0 aliphatic carbocycles. The number of fused-ring (bicyclic) bond motifs is 2. The van der Waals surface area contributed by atoms with Gasteiger partial charge in [-0.3, -0.25) is 4.79 Å². The normalized spacial score (nSPS) is 26.8. The van der Waals surface area contributed by atoms with Crippen LogP contribution in [0.4, 0.5) is 0 Å². The molecule has 0 saturated carbocycles. The van der Waals surface area contributed by atoms with Gasteiger partial charge in [-0.2, -0.15) is 0 Å². The Labute approximate surface area is 261 Å². The second kappa shape index (κ2) is 12.0. The van der Waals surface area contributed by atoms with Crippen LogP contribution in [0.25, 0.3) is 0 Å². The molecule has 5 atom stereocenters. The van der Waals surface area contributed by atoms with E-state index in [0.717, 1.165) is 5.56 Å². The van der Waals surface area contributed by atoms with Gasteiger partial charge in [-0.25, -0.2) is 0 Å². The third-order valence-electron chi connectivity index (χ3n) is 9.59. The molecule has 246 valence electrons. The maximum Gasteiger partial charge on any atom is 0.311 e. The van der Waals surface area contributed by atoms with Crippen molar-refractivity contribution in [2.24, 2.45) is 5.41 Å². The zero-order chi connectivity index (χ0) is 33.0. The summed E-state index contributed by atoms with van der Waals surface area (Å²) in [6, 6.07) is 3.61. The van der Waals surface area contributed by atoms with Crippen LogP contribution in [0.5, 0.6) is 11.5 Å². The van der Waals surface area contributed by atoms with E-state index in [9.17, 15) is 9.90 Å². The summed E-state index contributed by atoms with van der Waals surface area (Å²) in [7, 11) is -1.79. The first kappa shape index (κ1) is 36.0. The van der Waals surface area contributed by atoms with Crippen LogP contribution in [0.3, 0.4) is 0 Å². The summed E-state index contributed by atoms with van der Waals surface area (Å²) in [6.45, 7) is 27.0. The number of carbonyl (C=O) groups is 1. The molecule has 0 bridgehead atoms. The number of ether oxygens (including phenoxy) is 5. The van der Waals surface area contributed by atoms with Crippen LogP contribution in [0, 0.1) is 5.41 Å². The molecule has 1 N–H and O–H groups in total. The van der Waals surface area contributed by atoms with E-state index in [1.54, 1.807) is 20.3 Å². The lowest BCUT2D eigenvalue weighted by molar-refractivity contribution is -0.365. The Morgan fingerprint density at radius 1 is 0.907 bits per heavy atom. The molecule has 11 heteroatoms. The first-order chi connectivity index (χ1) is 19.4. The minimum Gasteiger partial charge on any atom is -0.497 e. The summed E-state index contributed by atoms with van der Waals surface area (Å²) >= 11 is 0. The molecule has 2 aliphatic heterocycles. The Morgan fingerprint density at radius 2 is 1.44 bits per heavy atom. The van der Waals surface area contributed by atoms with Gasteiger partial charge in [0, 0.05) is 6.07 Å². The lowest BCUT2D eigenvalue weighted by Gasteiger charge is -2.54. The number of aliphatic hydroxyl groups excluding tert-OH is 1. The highest BCUT2D eigenvalue weighted by Gasteiger charge is 2.63. The highest BCUT2D eigenvalue weighted by Crippen LogP contribution is 2.53. The third-order valence-corrected chi connectivity index (χ3v) is 18.5. The monoisotopic (exact) mass is 640 g/mol. The Balaban J connectivity index is 2.24. The second-order valence-electron chi connectivity index (χ2n) is 16.0. The van der Waals surface area contributed by atoms with Crippen molar-refractivity contribution in [3.63, 3.8) is 0 Å². The van der Waals surface area contributed by atoms with Gasteiger partial charge in [0.2, 0.25) is 5.79 Å². The number of rotatable bonds is 8. The number of carbonyl (C=O) groups excluding carboxylic acids is 1. The summed E-state index contributed by atoms with van der Waals surface area (Å²) in [5.41, 5.74) is 0.634. The van der Waals surface area contributed by atoms with Gasteiger partial charge in [0.15, 0.2) is 16.6 Å². The van der Waals surface area contributed by atoms with Crippen LogP contribution in [0.2, 0.25) is 36.3 Å². The summed E-state index contributed by atoms with van der Waals surface area (Å²) < 4.78 is 44.6. The Kier molecular flexibility index (Phi) is 10.1. The molecule has 3 rings (SSSR count). The fourth-order valence-corrected chi connectivity index (χ4v) is 7.41. The lowest BCUT2D eigenvalue weighted by Crippen LogP contribution is -2.69. The summed E-state index contributed by atoms with van der Waals surface area (Å²) in [5.74, 6) is -0.942. The molecule has 0 amide bonds. The molecule has 1 spiro atoms. The van der Waals surface area contributed by atoms with Crippen molar-refractivity contribution in [2.45, 2.75) is 135 Å². The summed E-state index contributed by atoms with van der Waals surface area (Å²) in [4.78, 5) is 13.0. The molecule has 43 heavy (non-hydrogen) atoms. The van der Waals surface area contributed by atoms with Gasteiger partial charge >= 0.3 is 5.97 Å². The van der Waals surface area contributed by atoms with E-state index in [-0.39, 0.29) is 29.3 Å². The van der Waals surface area contributed by atoms with Gasteiger partial charge in [-0.05, 0) is 68.7 Å². The first-order valence-corrected chi connectivity index (χ1v) is 21.0. The SMILES string of the molecule is COc1cc2c(c(OC)c1)[C@]1(OC2)O[C@H](COC(=O)C(C)(C)C)[C@@H](O[Si](C)(C)C(C)(C)C)[C@H](O[Si](C)(C)C(C)(C)C)[C@H]1O. The number of benzene rings is 1. The molecule has 9 nitrogen and oxygen atoms in total. The predicted molar refractivity (Wildman–Crippen MR) is 171 cm³/mol. The van der Waals surface area contributed by atoms with Gasteiger partial charge in [0.1, 0.15) is 42.5 Å². The number of methoxy groups -OCH3 is 2. The smallest absolute Gasteiger partial charge is 0.311 e. The number of aliphatic hydroxyl groups is 1. The van der Waals surface area contributed by atoms with E-state index in [1.165, 1.54) is 0 Å². The first-order valence-electron chi connectivity index (χ1n) is 15.2. The minimum atomic E-state index is -2.49. The van der Waals surface area contributed by atoms with Gasteiger partial charge in [0.05, 0.1) is 31.8 Å². The molecule has 1 aromatic carbocycles.